The fourth-order valence-electron chi connectivity index (χ4n) is 2.63. The van der Waals surface area contributed by atoms with E-state index in [0.717, 1.165) is 5.56 Å². The van der Waals surface area contributed by atoms with Crippen LogP contribution in [0, 0.1) is 6.92 Å². The second kappa shape index (κ2) is 9.43. The number of piperazine rings is 1. The standard InChI is InChI=1S/C18H24ClN3O4/c1-3-8-26-17(24)10-15-18(25)20-6-7-22(15)16(23)11-21-13-5-4-12(2)14(19)9-13/h4-5,9,15,21H,3,6-8,10-11H2,1-2H3,(H,20,25). The normalized spacial score (nSPS) is 16.8. The Balaban J connectivity index is 1.98. The topological polar surface area (TPSA) is 87.7 Å². The van der Waals surface area contributed by atoms with Crippen LogP contribution in [0.15, 0.2) is 18.2 Å². The summed E-state index contributed by atoms with van der Waals surface area (Å²) in [6, 6.07) is 4.59. The van der Waals surface area contributed by atoms with E-state index in [9.17, 15) is 14.4 Å². The molecule has 1 atom stereocenters. The zero-order valence-electron chi connectivity index (χ0n) is 15.0. The molecule has 2 N–H and O–H groups in total. The van der Waals surface area contributed by atoms with Crippen LogP contribution in [0.25, 0.3) is 0 Å². The van der Waals surface area contributed by atoms with Gasteiger partial charge in [0.05, 0.1) is 19.6 Å². The number of carbonyl (C=O) groups is 3. The smallest absolute Gasteiger partial charge is 0.308 e. The minimum Gasteiger partial charge on any atom is -0.466 e. The highest BCUT2D eigenvalue weighted by molar-refractivity contribution is 6.31. The van der Waals surface area contributed by atoms with Crippen LogP contribution in [-0.2, 0) is 19.1 Å². The lowest BCUT2D eigenvalue weighted by Crippen LogP contribution is -2.58. The number of nitrogens with zero attached hydrogens (tertiary/aromatic N) is 1. The van der Waals surface area contributed by atoms with Crippen LogP contribution in [0.1, 0.15) is 25.3 Å². The van der Waals surface area contributed by atoms with Gasteiger partial charge in [0.2, 0.25) is 11.8 Å². The number of anilines is 1. The minimum atomic E-state index is -0.844. The van der Waals surface area contributed by atoms with Gasteiger partial charge in [-0.25, -0.2) is 0 Å². The third-order valence-corrected chi connectivity index (χ3v) is 4.50. The molecule has 1 heterocycles. The predicted molar refractivity (Wildman–Crippen MR) is 99.1 cm³/mol. The molecule has 0 spiro atoms. The van der Waals surface area contributed by atoms with Gasteiger partial charge in [0.15, 0.2) is 0 Å². The van der Waals surface area contributed by atoms with Crippen molar-refractivity contribution in [3.63, 3.8) is 0 Å². The fourth-order valence-corrected chi connectivity index (χ4v) is 2.81. The van der Waals surface area contributed by atoms with Crippen LogP contribution < -0.4 is 10.6 Å². The predicted octanol–water partition coefficient (Wildman–Crippen LogP) is 1.73. The first kappa shape index (κ1) is 20.0. The molecule has 0 aromatic heterocycles. The van der Waals surface area contributed by atoms with E-state index in [1.165, 1.54) is 4.90 Å². The van der Waals surface area contributed by atoms with Crippen molar-refractivity contribution in [2.75, 3.05) is 31.6 Å². The number of carbonyl (C=O) groups excluding carboxylic acids is 3. The van der Waals surface area contributed by atoms with Crippen molar-refractivity contribution < 1.29 is 19.1 Å². The molecular formula is C18H24ClN3O4. The molecule has 1 aromatic rings. The minimum absolute atomic E-state index is 0.00712. The molecule has 142 valence electrons. The van der Waals surface area contributed by atoms with Crippen molar-refractivity contribution in [1.82, 2.24) is 10.2 Å². The largest absolute Gasteiger partial charge is 0.466 e. The van der Waals surface area contributed by atoms with E-state index in [1.54, 1.807) is 6.07 Å². The zero-order valence-corrected chi connectivity index (χ0v) is 15.8. The summed E-state index contributed by atoms with van der Waals surface area (Å²) in [7, 11) is 0. The molecule has 1 aliphatic heterocycles. The molecule has 1 aliphatic rings. The number of esters is 1. The molecule has 2 amide bonds. The maximum Gasteiger partial charge on any atom is 0.308 e. The summed E-state index contributed by atoms with van der Waals surface area (Å²) in [4.78, 5) is 38.0. The van der Waals surface area contributed by atoms with E-state index in [1.807, 2.05) is 26.0 Å². The van der Waals surface area contributed by atoms with Crippen LogP contribution in [0.5, 0.6) is 0 Å². The molecule has 2 rings (SSSR count). The number of aryl methyl sites for hydroxylation is 1. The molecule has 1 saturated heterocycles. The molecule has 0 bridgehead atoms. The summed E-state index contributed by atoms with van der Waals surface area (Å²) < 4.78 is 5.04. The van der Waals surface area contributed by atoms with Gasteiger partial charge in [-0.3, -0.25) is 14.4 Å². The Hall–Kier alpha value is -2.28. The van der Waals surface area contributed by atoms with E-state index in [-0.39, 0.29) is 24.8 Å². The summed E-state index contributed by atoms with van der Waals surface area (Å²) in [6.07, 6.45) is 0.558. The number of amides is 2. The molecule has 0 aliphatic carbocycles. The molecule has 26 heavy (non-hydrogen) atoms. The fraction of sp³-hybridized carbons (Fsp3) is 0.500. The van der Waals surface area contributed by atoms with Crippen molar-refractivity contribution >= 4 is 35.1 Å². The number of ether oxygens (including phenoxy) is 1. The first-order chi connectivity index (χ1) is 12.4. The molecule has 0 saturated carbocycles. The van der Waals surface area contributed by atoms with Crippen LogP contribution in [0.2, 0.25) is 5.02 Å². The van der Waals surface area contributed by atoms with Crippen molar-refractivity contribution in [3.05, 3.63) is 28.8 Å². The molecule has 1 aromatic carbocycles. The van der Waals surface area contributed by atoms with Crippen molar-refractivity contribution in [1.29, 1.82) is 0 Å². The van der Waals surface area contributed by atoms with Crippen LogP contribution in [0.4, 0.5) is 5.69 Å². The summed E-state index contributed by atoms with van der Waals surface area (Å²) in [5, 5.41) is 6.30. The van der Waals surface area contributed by atoms with Crippen LogP contribution >= 0.6 is 11.6 Å². The maximum absolute atomic E-state index is 12.6. The van der Waals surface area contributed by atoms with Gasteiger partial charge in [-0.1, -0.05) is 24.6 Å². The second-order valence-corrected chi connectivity index (χ2v) is 6.54. The van der Waals surface area contributed by atoms with Gasteiger partial charge in [0, 0.05) is 23.8 Å². The number of hydrogen-bond donors (Lipinski definition) is 2. The van der Waals surface area contributed by atoms with Crippen molar-refractivity contribution in [2.45, 2.75) is 32.7 Å². The Bertz CT molecular complexity index is 680. The Morgan fingerprint density at radius 3 is 2.88 bits per heavy atom. The average molecular weight is 382 g/mol. The maximum atomic E-state index is 12.6. The van der Waals surface area contributed by atoms with Gasteiger partial charge in [-0.15, -0.1) is 0 Å². The second-order valence-electron chi connectivity index (χ2n) is 6.14. The summed E-state index contributed by atoms with van der Waals surface area (Å²) in [5.74, 6) is -1.08. The Kier molecular flexibility index (Phi) is 7.26. The molecular weight excluding hydrogens is 358 g/mol. The Morgan fingerprint density at radius 2 is 2.19 bits per heavy atom. The van der Waals surface area contributed by atoms with Gasteiger partial charge in [-0.2, -0.15) is 0 Å². The monoisotopic (exact) mass is 381 g/mol. The first-order valence-corrected chi connectivity index (χ1v) is 9.03. The summed E-state index contributed by atoms with van der Waals surface area (Å²) >= 11 is 6.08. The number of nitrogens with one attached hydrogen (secondary N) is 2. The Labute approximate surface area is 158 Å². The van der Waals surface area contributed by atoms with E-state index < -0.39 is 12.0 Å². The van der Waals surface area contributed by atoms with Gasteiger partial charge in [0.25, 0.3) is 0 Å². The molecule has 8 heteroatoms. The highest BCUT2D eigenvalue weighted by Crippen LogP contribution is 2.20. The van der Waals surface area contributed by atoms with Gasteiger partial charge >= 0.3 is 5.97 Å². The van der Waals surface area contributed by atoms with E-state index in [2.05, 4.69) is 10.6 Å². The molecule has 1 unspecified atom stereocenters. The van der Waals surface area contributed by atoms with Crippen molar-refractivity contribution in [3.8, 4) is 0 Å². The van der Waals surface area contributed by atoms with E-state index in [4.69, 9.17) is 16.3 Å². The third-order valence-electron chi connectivity index (χ3n) is 4.09. The van der Waals surface area contributed by atoms with Crippen molar-refractivity contribution in [2.24, 2.45) is 0 Å². The number of hydrogen-bond acceptors (Lipinski definition) is 5. The van der Waals surface area contributed by atoms with Crippen LogP contribution in [-0.4, -0.2) is 55.0 Å². The molecule has 0 radical (unpaired) electrons. The number of benzene rings is 1. The van der Waals surface area contributed by atoms with Gasteiger partial charge in [-0.05, 0) is 31.0 Å². The van der Waals surface area contributed by atoms with Gasteiger partial charge in [0.1, 0.15) is 6.04 Å². The van der Waals surface area contributed by atoms with Gasteiger partial charge < -0.3 is 20.3 Å². The number of rotatable bonds is 7. The highest BCUT2D eigenvalue weighted by atomic mass is 35.5. The average Bonchev–Trinajstić information content (AvgIpc) is 2.62. The zero-order chi connectivity index (χ0) is 19.1. The molecule has 1 fully saturated rings. The number of halogens is 1. The lowest BCUT2D eigenvalue weighted by molar-refractivity contribution is -0.151. The SMILES string of the molecule is CCCOC(=O)CC1C(=O)NCCN1C(=O)CNc1ccc(C)c(Cl)c1. The lowest BCUT2D eigenvalue weighted by Gasteiger charge is -2.34. The highest BCUT2D eigenvalue weighted by Gasteiger charge is 2.34. The van der Waals surface area contributed by atoms with E-state index >= 15 is 0 Å². The quantitative estimate of drug-likeness (QED) is 0.702. The molecule has 7 nitrogen and oxygen atoms in total. The van der Waals surface area contributed by atoms with E-state index in [0.29, 0.717) is 36.8 Å². The third kappa shape index (κ3) is 5.36. The summed E-state index contributed by atoms with van der Waals surface area (Å²) in [6.45, 7) is 4.81. The first-order valence-electron chi connectivity index (χ1n) is 8.65. The Morgan fingerprint density at radius 1 is 1.42 bits per heavy atom. The lowest BCUT2D eigenvalue weighted by atomic mass is 10.1. The van der Waals surface area contributed by atoms with Crippen LogP contribution in [0.3, 0.4) is 0 Å². The summed E-state index contributed by atoms with van der Waals surface area (Å²) in [5.41, 5.74) is 1.66.